The molecule has 1 N–H and O–H groups in total. The zero-order valence-corrected chi connectivity index (χ0v) is 16.8. The molecule has 1 heterocycles. The van der Waals surface area contributed by atoms with Crippen molar-refractivity contribution in [1.29, 1.82) is 0 Å². The van der Waals surface area contributed by atoms with Crippen LogP contribution in [0.4, 0.5) is 0 Å². The zero-order valence-electron chi connectivity index (χ0n) is 15.2. The molecule has 2 unspecified atom stereocenters. The quantitative estimate of drug-likeness (QED) is 0.756. The Labute approximate surface area is 165 Å². The topological polar surface area (TPSA) is 35.8 Å². The van der Waals surface area contributed by atoms with Gasteiger partial charge in [0.25, 0.3) is 0 Å². The Balaban J connectivity index is 2.07. The number of hydrogen-bond acceptors (Lipinski definition) is 3. The number of halogens is 1. The Morgan fingerprint density at radius 3 is 2.38 bits per heavy atom. The first-order chi connectivity index (χ1) is 12.6. The molecule has 2 atom stereocenters. The van der Waals surface area contributed by atoms with Gasteiger partial charge in [-0.05, 0) is 36.6 Å². The third kappa shape index (κ3) is 3.78. The molecule has 3 rings (SSSR count). The molecular weight excluding hydrogens is 364 g/mol. The van der Waals surface area contributed by atoms with Crippen molar-refractivity contribution in [3.8, 4) is 0 Å². The standard InChI is InChI=1S/C21H25ClN2OS/c1-3-14-23-20-24(4-2)21(25,15-26-20)19(16-8-6-5-7-9-16)17-10-12-18(22)13-11-17/h5-13,19,25H,3-4,14-15H2,1-2H3. The summed E-state index contributed by atoms with van der Waals surface area (Å²) in [6.45, 7) is 5.68. The van der Waals surface area contributed by atoms with E-state index in [1.54, 1.807) is 11.8 Å². The maximum atomic E-state index is 11.8. The van der Waals surface area contributed by atoms with Gasteiger partial charge in [-0.25, -0.2) is 0 Å². The van der Waals surface area contributed by atoms with Crippen molar-refractivity contribution in [3.05, 3.63) is 70.7 Å². The number of hydrogen-bond donors (Lipinski definition) is 1. The van der Waals surface area contributed by atoms with Gasteiger partial charge >= 0.3 is 0 Å². The summed E-state index contributed by atoms with van der Waals surface area (Å²) in [4.78, 5) is 6.75. The summed E-state index contributed by atoms with van der Waals surface area (Å²) in [5.41, 5.74) is 1.12. The van der Waals surface area contributed by atoms with E-state index >= 15 is 0 Å². The van der Waals surface area contributed by atoms with E-state index < -0.39 is 5.72 Å². The number of benzene rings is 2. The summed E-state index contributed by atoms with van der Waals surface area (Å²) >= 11 is 7.74. The molecule has 1 saturated heterocycles. The third-order valence-corrected chi connectivity index (χ3v) is 6.13. The summed E-state index contributed by atoms with van der Waals surface area (Å²) in [6, 6.07) is 18.0. The molecular formula is C21H25ClN2OS. The van der Waals surface area contributed by atoms with Crippen LogP contribution in [-0.4, -0.2) is 39.7 Å². The maximum Gasteiger partial charge on any atom is 0.161 e. The van der Waals surface area contributed by atoms with Crippen LogP contribution in [-0.2, 0) is 0 Å². The normalized spacial score (nSPS) is 22.8. The summed E-state index contributed by atoms with van der Waals surface area (Å²) in [5.74, 6) is 0.411. The molecule has 0 amide bonds. The molecule has 0 aromatic heterocycles. The molecule has 1 aliphatic heterocycles. The van der Waals surface area contributed by atoms with Crippen LogP contribution in [0.2, 0.25) is 5.02 Å². The van der Waals surface area contributed by atoms with Crippen LogP contribution >= 0.6 is 23.4 Å². The van der Waals surface area contributed by atoms with Gasteiger partial charge in [-0.15, -0.1) is 0 Å². The SMILES string of the molecule is CCCN=C1SCC(O)(C(c2ccccc2)c2ccc(Cl)cc2)N1CC. The van der Waals surface area contributed by atoms with Gasteiger partial charge in [-0.1, -0.05) is 72.8 Å². The van der Waals surface area contributed by atoms with E-state index in [0.717, 1.165) is 29.3 Å². The molecule has 0 bridgehead atoms. The number of amidine groups is 1. The molecule has 138 valence electrons. The lowest BCUT2D eigenvalue weighted by molar-refractivity contribution is -0.0532. The van der Waals surface area contributed by atoms with Crippen molar-refractivity contribution in [3.63, 3.8) is 0 Å². The second-order valence-corrected chi connectivity index (χ2v) is 7.85. The first-order valence-electron chi connectivity index (χ1n) is 9.07. The van der Waals surface area contributed by atoms with Gasteiger partial charge in [0.2, 0.25) is 0 Å². The predicted molar refractivity (Wildman–Crippen MR) is 112 cm³/mol. The minimum Gasteiger partial charge on any atom is -0.369 e. The molecule has 0 saturated carbocycles. The Hall–Kier alpha value is -1.49. The van der Waals surface area contributed by atoms with E-state index in [2.05, 4.69) is 30.9 Å². The molecule has 2 aromatic carbocycles. The number of likely N-dealkylation sites (N-methyl/N-ethyl adjacent to an activating group) is 1. The van der Waals surface area contributed by atoms with Crippen molar-refractivity contribution in [2.24, 2.45) is 4.99 Å². The summed E-state index contributed by atoms with van der Waals surface area (Å²) in [6.07, 6.45) is 0.999. The summed E-state index contributed by atoms with van der Waals surface area (Å²) in [5, 5.41) is 13.5. The van der Waals surface area contributed by atoms with Crippen molar-refractivity contribution in [2.45, 2.75) is 31.9 Å². The molecule has 0 aliphatic carbocycles. The molecule has 0 spiro atoms. The second-order valence-electron chi connectivity index (χ2n) is 6.47. The molecule has 3 nitrogen and oxygen atoms in total. The number of rotatable bonds is 6. The van der Waals surface area contributed by atoms with Gasteiger partial charge in [0, 0.05) is 23.9 Å². The molecule has 1 aliphatic rings. The van der Waals surface area contributed by atoms with Crippen molar-refractivity contribution < 1.29 is 5.11 Å². The van der Waals surface area contributed by atoms with E-state index in [0.29, 0.717) is 17.3 Å². The average molecular weight is 389 g/mol. The van der Waals surface area contributed by atoms with Gasteiger partial charge < -0.3 is 10.0 Å². The van der Waals surface area contributed by atoms with Crippen LogP contribution in [0.5, 0.6) is 0 Å². The first-order valence-corrected chi connectivity index (χ1v) is 10.4. The molecule has 5 heteroatoms. The fourth-order valence-electron chi connectivity index (χ4n) is 3.51. The highest BCUT2D eigenvalue weighted by molar-refractivity contribution is 8.14. The Morgan fingerprint density at radius 1 is 1.12 bits per heavy atom. The highest BCUT2D eigenvalue weighted by Gasteiger charge is 2.49. The number of nitrogens with zero attached hydrogens (tertiary/aromatic N) is 2. The summed E-state index contributed by atoms with van der Waals surface area (Å²) < 4.78 is 0. The minimum absolute atomic E-state index is 0.178. The highest BCUT2D eigenvalue weighted by atomic mass is 35.5. The minimum atomic E-state index is -1.03. The monoisotopic (exact) mass is 388 g/mol. The van der Waals surface area contributed by atoms with E-state index in [-0.39, 0.29) is 5.92 Å². The van der Waals surface area contributed by atoms with Crippen molar-refractivity contribution in [2.75, 3.05) is 18.8 Å². The zero-order chi connectivity index (χ0) is 18.6. The maximum absolute atomic E-state index is 11.8. The molecule has 0 radical (unpaired) electrons. The lowest BCUT2D eigenvalue weighted by Gasteiger charge is -2.40. The van der Waals surface area contributed by atoms with Gasteiger partial charge in [0.15, 0.2) is 10.9 Å². The summed E-state index contributed by atoms with van der Waals surface area (Å²) in [7, 11) is 0. The molecule has 1 fully saturated rings. The molecule has 26 heavy (non-hydrogen) atoms. The van der Waals surface area contributed by atoms with Gasteiger partial charge in [-0.3, -0.25) is 4.99 Å². The first kappa shape index (κ1) is 19.3. The van der Waals surface area contributed by atoms with Crippen LogP contribution in [0.15, 0.2) is 59.6 Å². The van der Waals surface area contributed by atoms with Crippen LogP contribution in [0.3, 0.4) is 0 Å². The predicted octanol–water partition coefficient (Wildman–Crippen LogP) is 5.00. The highest BCUT2D eigenvalue weighted by Crippen LogP contribution is 2.44. The Kier molecular flexibility index (Phi) is 6.28. The van der Waals surface area contributed by atoms with E-state index in [4.69, 9.17) is 16.6 Å². The fourth-order valence-corrected chi connectivity index (χ4v) is 4.92. The van der Waals surface area contributed by atoms with Crippen LogP contribution in [0.25, 0.3) is 0 Å². The second kappa shape index (κ2) is 8.47. The van der Waals surface area contributed by atoms with Crippen LogP contribution < -0.4 is 0 Å². The van der Waals surface area contributed by atoms with E-state index in [1.807, 2.05) is 42.5 Å². The van der Waals surface area contributed by atoms with Crippen molar-refractivity contribution in [1.82, 2.24) is 4.90 Å². The van der Waals surface area contributed by atoms with Crippen LogP contribution in [0, 0.1) is 0 Å². The number of aliphatic hydroxyl groups is 1. The number of thioether (sulfide) groups is 1. The van der Waals surface area contributed by atoms with Crippen LogP contribution in [0.1, 0.15) is 37.3 Å². The average Bonchev–Trinajstić information content (AvgIpc) is 2.98. The van der Waals surface area contributed by atoms with E-state index in [9.17, 15) is 5.11 Å². The Bertz CT molecular complexity index is 750. The van der Waals surface area contributed by atoms with Gasteiger partial charge in [0.1, 0.15) is 0 Å². The third-order valence-electron chi connectivity index (χ3n) is 4.70. The lowest BCUT2D eigenvalue weighted by Crippen LogP contribution is -2.52. The van der Waals surface area contributed by atoms with Gasteiger partial charge in [0.05, 0.1) is 5.92 Å². The lowest BCUT2D eigenvalue weighted by atomic mass is 9.82. The Morgan fingerprint density at radius 2 is 1.77 bits per heavy atom. The molecule has 2 aromatic rings. The number of aliphatic imine (C=N–C) groups is 1. The smallest absolute Gasteiger partial charge is 0.161 e. The van der Waals surface area contributed by atoms with Gasteiger partial charge in [-0.2, -0.15) is 0 Å². The fraction of sp³-hybridized carbons (Fsp3) is 0.381. The largest absolute Gasteiger partial charge is 0.369 e. The van der Waals surface area contributed by atoms with Crippen molar-refractivity contribution >= 4 is 28.5 Å². The van der Waals surface area contributed by atoms with E-state index in [1.165, 1.54) is 0 Å².